The zero-order valence-corrected chi connectivity index (χ0v) is 19.9. The molecule has 0 spiro atoms. The molecule has 36 heavy (non-hydrogen) atoms. The van der Waals surface area contributed by atoms with Crippen molar-refractivity contribution in [3.8, 4) is 28.3 Å². The van der Waals surface area contributed by atoms with Crippen molar-refractivity contribution in [2.24, 2.45) is 0 Å². The second kappa shape index (κ2) is 9.94. The van der Waals surface area contributed by atoms with Crippen LogP contribution in [-0.4, -0.2) is 35.4 Å². The van der Waals surface area contributed by atoms with E-state index in [-0.39, 0.29) is 30.7 Å². The van der Waals surface area contributed by atoms with Crippen LogP contribution in [0.4, 0.5) is 19.1 Å². The molecule has 3 N–H and O–H groups in total. The van der Waals surface area contributed by atoms with E-state index in [0.29, 0.717) is 28.1 Å². The molecule has 1 aromatic carbocycles. The molecule has 0 aliphatic carbocycles. The van der Waals surface area contributed by atoms with Crippen LogP contribution in [0.25, 0.3) is 22.4 Å². The monoisotopic (exact) mass is 498 g/mol. The van der Waals surface area contributed by atoms with Crippen LogP contribution in [0, 0.1) is 12.7 Å². The lowest BCUT2D eigenvalue weighted by molar-refractivity contribution is 0.0575. The second-order valence-electron chi connectivity index (χ2n) is 8.95. The summed E-state index contributed by atoms with van der Waals surface area (Å²) in [6.07, 6.45) is -1.09. The minimum atomic E-state index is -2.79. The zero-order chi connectivity index (χ0) is 26.0. The Kier molecular flexibility index (Phi) is 6.93. The number of aryl methyl sites for hydroxylation is 1. The summed E-state index contributed by atoms with van der Waals surface area (Å²) < 4.78 is 48.3. The first-order chi connectivity index (χ1) is 17.0. The molecule has 0 saturated heterocycles. The lowest BCUT2D eigenvalue weighted by atomic mass is 9.99. The molecule has 0 aliphatic rings. The van der Waals surface area contributed by atoms with Crippen LogP contribution >= 0.6 is 0 Å². The van der Waals surface area contributed by atoms with Crippen molar-refractivity contribution in [1.29, 1.82) is 0 Å². The number of alkyl halides is 2. The normalized spacial score (nSPS) is 11.8. The summed E-state index contributed by atoms with van der Waals surface area (Å²) in [6.45, 7) is 5.20. The van der Waals surface area contributed by atoms with E-state index in [0.717, 1.165) is 0 Å². The molecule has 4 rings (SSSR count). The number of nitrogens with zero attached hydrogens (tertiary/aromatic N) is 5. The Bertz CT molecular complexity index is 1370. The molecule has 0 bridgehead atoms. The van der Waals surface area contributed by atoms with Gasteiger partial charge >= 0.3 is 0 Å². The fourth-order valence-electron chi connectivity index (χ4n) is 3.70. The lowest BCUT2D eigenvalue weighted by Gasteiger charge is -2.17. The Morgan fingerprint density at radius 3 is 2.44 bits per heavy atom. The third-order valence-electron chi connectivity index (χ3n) is 5.10. The quantitative estimate of drug-likeness (QED) is 0.362. The highest BCUT2D eigenvalue weighted by atomic mass is 19.3. The predicted octanol–water partition coefficient (Wildman–Crippen LogP) is 4.72. The van der Waals surface area contributed by atoms with Crippen molar-refractivity contribution in [3.05, 3.63) is 71.6 Å². The fourth-order valence-corrected chi connectivity index (χ4v) is 3.70. The average Bonchev–Trinajstić information content (AvgIpc) is 3.22. The number of nitrogen functional groups attached to an aromatic ring is 1. The molecule has 8 nitrogen and oxygen atoms in total. The number of ether oxygens (including phenoxy) is 1. The molecular formula is C25H25F3N6O2. The zero-order valence-electron chi connectivity index (χ0n) is 19.9. The van der Waals surface area contributed by atoms with Gasteiger partial charge in [0.2, 0.25) is 11.8 Å². The average molecular weight is 499 g/mol. The van der Waals surface area contributed by atoms with Gasteiger partial charge in [-0.15, -0.1) is 0 Å². The van der Waals surface area contributed by atoms with Crippen LogP contribution in [-0.2, 0) is 13.2 Å². The maximum Gasteiger partial charge on any atom is 0.280 e. The minimum Gasteiger partial charge on any atom is -0.470 e. The van der Waals surface area contributed by atoms with Gasteiger partial charge in [0, 0.05) is 17.5 Å². The molecule has 0 fully saturated rings. The van der Waals surface area contributed by atoms with E-state index < -0.39 is 23.5 Å². The topological polar surface area (TPSA) is 112 Å². The molecule has 0 radical (unpaired) electrons. The molecule has 4 aromatic rings. The summed E-state index contributed by atoms with van der Waals surface area (Å²) in [5, 5.41) is 14.4. The first-order valence-electron chi connectivity index (χ1n) is 11.1. The van der Waals surface area contributed by atoms with Crippen molar-refractivity contribution in [2.45, 2.75) is 45.9 Å². The Morgan fingerprint density at radius 1 is 1.06 bits per heavy atom. The molecule has 0 saturated carbocycles. The third kappa shape index (κ3) is 5.98. The smallest absolute Gasteiger partial charge is 0.280 e. The van der Waals surface area contributed by atoms with Crippen molar-refractivity contribution < 1.29 is 23.0 Å². The van der Waals surface area contributed by atoms with Gasteiger partial charge < -0.3 is 15.6 Å². The molecular weight excluding hydrogens is 473 g/mol. The summed E-state index contributed by atoms with van der Waals surface area (Å²) in [6, 6.07) is 10.1. The highest BCUT2D eigenvalue weighted by molar-refractivity contribution is 5.85. The highest BCUT2D eigenvalue weighted by Crippen LogP contribution is 2.39. The number of halogens is 3. The number of aromatic nitrogens is 5. The van der Waals surface area contributed by atoms with Crippen LogP contribution < -0.4 is 10.5 Å². The highest BCUT2D eigenvalue weighted by Gasteiger charge is 2.22. The van der Waals surface area contributed by atoms with Crippen molar-refractivity contribution in [2.75, 3.05) is 5.73 Å². The van der Waals surface area contributed by atoms with Gasteiger partial charge in [-0.05, 0) is 68.8 Å². The predicted molar refractivity (Wildman–Crippen MR) is 128 cm³/mol. The number of hydrogen-bond donors (Lipinski definition) is 2. The fraction of sp³-hybridized carbons (Fsp3) is 0.280. The molecule has 3 aromatic heterocycles. The maximum atomic E-state index is 13.6. The first kappa shape index (κ1) is 25.1. The lowest BCUT2D eigenvalue weighted by Crippen LogP contribution is -2.26. The van der Waals surface area contributed by atoms with E-state index in [2.05, 4.69) is 20.1 Å². The molecule has 3 heterocycles. The summed E-state index contributed by atoms with van der Waals surface area (Å²) in [4.78, 5) is 12.5. The van der Waals surface area contributed by atoms with Crippen molar-refractivity contribution in [3.63, 3.8) is 0 Å². The van der Waals surface area contributed by atoms with Crippen molar-refractivity contribution >= 4 is 5.95 Å². The number of aliphatic hydroxyl groups is 1. The second-order valence-corrected chi connectivity index (χ2v) is 8.95. The van der Waals surface area contributed by atoms with Gasteiger partial charge in [0.05, 0.1) is 29.1 Å². The van der Waals surface area contributed by atoms with Gasteiger partial charge in [-0.3, -0.25) is 9.67 Å². The largest absolute Gasteiger partial charge is 0.470 e. The molecule has 0 amide bonds. The molecule has 0 aliphatic heterocycles. The van der Waals surface area contributed by atoms with Gasteiger partial charge in [0.15, 0.2) is 0 Å². The Labute approximate surface area is 205 Å². The van der Waals surface area contributed by atoms with E-state index in [1.165, 1.54) is 30.3 Å². The summed E-state index contributed by atoms with van der Waals surface area (Å²) in [5.41, 5.74) is 6.94. The van der Waals surface area contributed by atoms with Crippen LogP contribution in [0.1, 0.15) is 37.4 Å². The number of pyridine rings is 1. The van der Waals surface area contributed by atoms with E-state index in [1.54, 1.807) is 43.8 Å². The van der Waals surface area contributed by atoms with Gasteiger partial charge in [-0.25, -0.2) is 18.2 Å². The van der Waals surface area contributed by atoms with E-state index in [9.17, 15) is 18.3 Å². The number of rotatable bonds is 8. The maximum absolute atomic E-state index is 13.6. The Balaban J connectivity index is 1.79. The van der Waals surface area contributed by atoms with Crippen LogP contribution in [0.15, 0.2) is 48.7 Å². The molecule has 0 unspecified atom stereocenters. The number of benzene rings is 1. The Morgan fingerprint density at radius 2 is 1.78 bits per heavy atom. The van der Waals surface area contributed by atoms with Crippen molar-refractivity contribution in [1.82, 2.24) is 24.7 Å². The van der Waals surface area contributed by atoms with Gasteiger partial charge in [0.1, 0.15) is 18.1 Å². The number of nitrogens with two attached hydrogens (primary N) is 1. The minimum absolute atomic E-state index is 0.0169. The number of hydrogen-bond acceptors (Lipinski definition) is 7. The van der Waals surface area contributed by atoms with Gasteiger partial charge in [0.25, 0.3) is 6.43 Å². The Hall–Kier alpha value is -3.99. The molecule has 0 atom stereocenters. The summed E-state index contributed by atoms with van der Waals surface area (Å²) >= 11 is 0. The SMILES string of the molecule is Cc1cc(-c2c(OCc3ccn(CC(C)(C)O)n3)nc(N)nc2-c2ccc(F)cc2)cc(C(F)F)n1. The molecule has 11 heteroatoms. The van der Waals surface area contributed by atoms with Gasteiger partial charge in [-0.2, -0.15) is 10.1 Å². The van der Waals surface area contributed by atoms with Gasteiger partial charge in [-0.1, -0.05) is 0 Å². The standard InChI is InChI=1S/C25H25F3N6O2/c1-14-10-16(11-19(30-14)22(27)28)20-21(15-4-6-17(26)7-5-15)31-24(29)32-23(20)36-12-18-8-9-34(33-18)13-25(2,3)35/h4-11,22,35H,12-13H2,1-3H3,(H2,29,31,32). The van der Waals surface area contributed by atoms with E-state index in [1.807, 2.05) is 0 Å². The van der Waals surface area contributed by atoms with Crippen LogP contribution in [0.3, 0.4) is 0 Å². The van der Waals surface area contributed by atoms with E-state index >= 15 is 0 Å². The summed E-state index contributed by atoms with van der Waals surface area (Å²) in [7, 11) is 0. The van der Waals surface area contributed by atoms with E-state index in [4.69, 9.17) is 10.5 Å². The van der Waals surface area contributed by atoms with Crippen LogP contribution in [0.5, 0.6) is 5.88 Å². The first-order valence-corrected chi connectivity index (χ1v) is 11.1. The molecule has 188 valence electrons. The summed E-state index contributed by atoms with van der Waals surface area (Å²) in [5.74, 6) is -0.509. The third-order valence-corrected chi connectivity index (χ3v) is 5.10. The number of anilines is 1. The van der Waals surface area contributed by atoms with Crippen LogP contribution in [0.2, 0.25) is 0 Å².